The predicted molar refractivity (Wildman–Crippen MR) is 132 cm³/mol. The Bertz CT molecular complexity index is 1270. The fraction of sp³-hybridized carbons (Fsp3) is 0.250. The standard InChI is InChI=1S/C24H23BN6OS/c25-20-14-28-31-22(27-13-18-3-1-8-26-12-18)11-21(29-24(20)31)19-4-2-9-30(15-19)23(32)6-5-17-7-10-33-16-17/h1,3,5-8,10-12,14,16,19,27H,2,4,9,13,15H2/b6-5+. The van der Waals surface area contributed by atoms with Crippen molar-refractivity contribution in [2.45, 2.75) is 25.3 Å². The molecule has 4 aromatic rings. The summed E-state index contributed by atoms with van der Waals surface area (Å²) >= 11 is 1.62. The van der Waals surface area contributed by atoms with Crippen LogP contribution in [0.1, 0.15) is 35.6 Å². The fourth-order valence-electron chi connectivity index (χ4n) is 4.09. The minimum atomic E-state index is 0.0331. The number of likely N-dealkylation sites (tertiary alicyclic amines) is 1. The molecule has 2 radical (unpaired) electrons. The largest absolute Gasteiger partial charge is 0.366 e. The molecule has 0 bridgehead atoms. The first-order valence-electron chi connectivity index (χ1n) is 10.9. The average Bonchev–Trinajstić information content (AvgIpc) is 3.52. The van der Waals surface area contributed by atoms with Gasteiger partial charge < -0.3 is 10.2 Å². The Morgan fingerprint density at radius 2 is 2.27 bits per heavy atom. The number of hydrogen-bond donors (Lipinski definition) is 1. The van der Waals surface area contributed by atoms with Crippen LogP contribution in [0.2, 0.25) is 0 Å². The van der Waals surface area contributed by atoms with Gasteiger partial charge in [-0.15, -0.1) is 0 Å². The zero-order valence-electron chi connectivity index (χ0n) is 18.1. The second kappa shape index (κ2) is 9.58. The van der Waals surface area contributed by atoms with Crippen LogP contribution in [0.15, 0.2) is 59.7 Å². The van der Waals surface area contributed by atoms with Crippen molar-refractivity contribution in [3.05, 3.63) is 76.5 Å². The highest BCUT2D eigenvalue weighted by Crippen LogP contribution is 2.28. The second-order valence-corrected chi connectivity index (χ2v) is 8.91. The summed E-state index contributed by atoms with van der Waals surface area (Å²) < 4.78 is 1.73. The normalized spacial score (nSPS) is 16.5. The van der Waals surface area contributed by atoms with E-state index in [0.29, 0.717) is 24.2 Å². The molecule has 1 fully saturated rings. The smallest absolute Gasteiger partial charge is 0.246 e. The van der Waals surface area contributed by atoms with E-state index in [9.17, 15) is 4.79 Å². The Kier molecular flexibility index (Phi) is 6.21. The van der Waals surface area contributed by atoms with Gasteiger partial charge in [-0.1, -0.05) is 6.07 Å². The van der Waals surface area contributed by atoms with Crippen molar-refractivity contribution in [2.75, 3.05) is 18.4 Å². The number of aromatic nitrogens is 4. The molecule has 4 aromatic heterocycles. The van der Waals surface area contributed by atoms with Crippen molar-refractivity contribution in [1.29, 1.82) is 0 Å². The molecule has 7 nitrogen and oxygen atoms in total. The molecule has 0 spiro atoms. The van der Waals surface area contributed by atoms with Crippen molar-refractivity contribution in [2.24, 2.45) is 0 Å². The van der Waals surface area contributed by atoms with Gasteiger partial charge in [0.15, 0.2) is 5.65 Å². The number of nitrogens with zero attached hydrogens (tertiary/aromatic N) is 5. The van der Waals surface area contributed by atoms with Crippen LogP contribution >= 0.6 is 11.3 Å². The zero-order chi connectivity index (χ0) is 22.6. The summed E-state index contributed by atoms with van der Waals surface area (Å²) in [5.74, 6) is 0.984. The van der Waals surface area contributed by atoms with E-state index >= 15 is 0 Å². The van der Waals surface area contributed by atoms with Gasteiger partial charge in [-0.2, -0.15) is 21.0 Å². The highest BCUT2D eigenvalue weighted by atomic mass is 32.1. The number of carbonyl (C=O) groups excluding carboxylic acids is 1. The number of amides is 1. The maximum Gasteiger partial charge on any atom is 0.246 e. The van der Waals surface area contributed by atoms with Gasteiger partial charge >= 0.3 is 0 Å². The molecule has 5 rings (SSSR count). The van der Waals surface area contributed by atoms with E-state index in [1.807, 2.05) is 52.2 Å². The van der Waals surface area contributed by atoms with Crippen LogP contribution in [-0.2, 0) is 11.3 Å². The molecule has 5 heterocycles. The van der Waals surface area contributed by atoms with Gasteiger partial charge in [0.2, 0.25) is 5.91 Å². The third kappa shape index (κ3) is 4.83. The van der Waals surface area contributed by atoms with Gasteiger partial charge in [0, 0.05) is 56.3 Å². The molecule has 1 N–H and O–H groups in total. The Labute approximate surface area is 197 Å². The lowest BCUT2D eigenvalue weighted by molar-refractivity contribution is -0.127. The van der Waals surface area contributed by atoms with Crippen LogP contribution in [-0.4, -0.2) is 51.3 Å². The van der Waals surface area contributed by atoms with Crippen molar-refractivity contribution in [3.63, 3.8) is 0 Å². The minimum Gasteiger partial charge on any atom is -0.366 e. The Balaban J connectivity index is 1.37. The summed E-state index contributed by atoms with van der Waals surface area (Å²) in [6.07, 6.45) is 10.6. The maximum absolute atomic E-state index is 12.8. The Morgan fingerprint density at radius 1 is 1.33 bits per heavy atom. The number of anilines is 1. The lowest BCUT2D eigenvalue weighted by atomic mass is 9.93. The van der Waals surface area contributed by atoms with Gasteiger partial charge in [0.25, 0.3) is 0 Å². The van der Waals surface area contributed by atoms with E-state index in [4.69, 9.17) is 12.8 Å². The maximum atomic E-state index is 12.8. The number of pyridine rings is 1. The first kappa shape index (κ1) is 21.4. The molecule has 33 heavy (non-hydrogen) atoms. The predicted octanol–water partition coefficient (Wildman–Crippen LogP) is 3.01. The molecular formula is C24H23BN6OS. The number of fused-ring (bicyclic) bond motifs is 1. The van der Waals surface area contributed by atoms with Crippen LogP contribution in [0.3, 0.4) is 0 Å². The molecule has 1 atom stereocenters. The topological polar surface area (TPSA) is 75.4 Å². The fourth-order valence-corrected chi connectivity index (χ4v) is 4.72. The third-order valence-electron chi connectivity index (χ3n) is 5.83. The van der Waals surface area contributed by atoms with Crippen LogP contribution in [0.4, 0.5) is 5.82 Å². The molecule has 0 aliphatic carbocycles. The number of hydrogen-bond acceptors (Lipinski definition) is 6. The summed E-state index contributed by atoms with van der Waals surface area (Å²) in [6.45, 7) is 1.99. The Hall–Kier alpha value is -3.46. The molecule has 1 aliphatic heterocycles. The molecule has 1 aliphatic rings. The molecule has 0 aromatic carbocycles. The van der Waals surface area contributed by atoms with Gasteiger partial charge in [0.1, 0.15) is 13.7 Å². The van der Waals surface area contributed by atoms with E-state index < -0.39 is 0 Å². The molecule has 0 saturated carbocycles. The molecular weight excluding hydrogens is 431 g/mol. The average molecular weight is 454 g/mol. The highest BCUT2D eigenvalue weighted by Gasteiger charge is 2.26. The number of piperidine rings is 1. The highest BCUT2D eigenvalue weighted by molar-refractivity contribution is 7.08. The number of rotatable bonds is 6. The first-order valence-corrected chi connectivity index (χ1v) is 11.9. The lowest BCUT2D eigenvalue weighted by Crippen LogP contribution is -2.38. The van der Waals surface area contributed by atoms with Crippen molar-refractivity contribution < 1.29 is 4.79 Å². The lowest BCUT2D eigenvalue weighted by Gasteiger charge is -2.32. The van der Waals surface area contributed by atoms with E-state index in [0.717, 1.165) is 42.0 Å². The summed E-state index contributed by atoms with van der Waals surface area (Å²) in [7, 11) is 6.16. The SMILES string of the molecule is [B]c1cnn2c(NCc3cccnc3)cc(C3CCCN(C(=O)/C=C/c4ccsc4)C3)nc12. The molecule has 9 heteroatoms. The van der Waals surface area contributed by atoms with Crippen LogP contribution in [0.5, 0.6) is 0 Å². The van der Waals surface area contributed by atoms with E-state index in [1.165, 1.54) is 0 Å². The van der Waals surface area contributed by atoms with Crippen molar-refractivity contribution in [3.8, 4) is 0 Å². The number of thiophene rings is 1. The summed E-state index contributed by atoms with van der Waals surface area (Å²) in [5, 5.41) is 11.9. The molecule has 1 saturated heterocycles. The van der Waals surface area contributed by atoms with E-state index in [-0.39, 0.29) is 11.8 Å². The van der Waals surface area contributed by atoms with Crippen LogP contribution in [0, 0.1) is 0 Å². The minimum absolute atomic E-state index is 0.0331. The molecule has 1 unspecified atom stereocenters. The third-order valence-corrected chi connectivity index (χ3v) is 6.53. The summed E-state index contributed by atoms with van der Waals surface area (Å²) in [4.78, 5) is 23.7. The van der Waals surface area contributed by atoms with E-state index in [2.05, 4.69) is 15.4 Å². The number of carbonyl (C=O) groups is 1. The monoisotopic (exact) mass is 454 g/mol. The molecule has 1 amide bonds. The summed E-state index contributed by atoms with van der Waals surface area (Å²) in [5.41, 5.74) is 4.19. The van der Waals surface area contributed by atoms with Gasteiger partial charge in [-0.3, -0.25) is 9.78 Å². The van der Waals surface area contributed by atoms with Crippen LogP contribution < -0.4 is 10.8 Å². The summed E-state index contributed by atoms with van der Waals surface area (Å²) in [6, 6.07) is 7.96. The quantitative estimate of drug-likeness (QED) is 0.358. The van der Waals surface area contributed by atoms with Crippen molar-refractivity contribution in [1.82, 2.24) is 24.5 Å². The number of nitrogens with one attached hydrogen (secondary N) is 1. The first-order chi connectivity index (χ1) is 16.2. The van der Waals surface area contributed by atoms with E-state index in [1.54, 1.807) is 34.3 Å². The second-order valence-electron chi connectivity index (χ2n) is 8.13. The zero-order valence-corrected chi connectivity index (χ0v) is 18.9. The van der Waals surface area contributed by atoms with Gasteiger partial charge in [-0.25, -0.2) is 4.98 Å². The van der Waals surface area contributed by atoms with Gasteiger partial charge in [-0.05, 0) is 58.4 Å². The van der Waals surface area contributed by atoms with Crippen molar-refractivity contribution >= 4 is 48.1 Å². The van der Waals surface area contributed by atoms with Gasteiger partial charge in [0.05, 0.1) is 5.69 Å². The molecule has 164 valence electrons. The van der Waals surface area contributed by atoms with Crippen LogP contribution in [0.25, 0.3) is 11.7 Å². The Morgan fingerprint density at radius 3 is 3.09 bits per heavy atom.